The first-order valence-electron chi connectivity index (χ1n) is 15.6. The number of hydrogen-bond acceptors (Lipinski definition) is 6. The van der Waals surface area contributed by atoms with E-state index in [1.807, 2.05) is 11.8 Å². The summed E-state index contributed by atoms with van der Waals surface area (Å²) < 4.78 is 13.6. The molecule has 1 amide bonds. The number of benzene rings is 2. The van der Waals surface area contributed by atoms with E-state index in [1.165, 1.54) is 11.1 Å². The normalized spacial score (nSPS) is 20.0. The van der Waals surface area contributed by atoms with E-state index in [0.29, 0.717) is 13.2 Å². The third kappa shape index (κ3) is 7.04. The van der Waals surface area contributed by atoms with Gasteiger partial charge in [-0.1, -0.05) is 55.8 Å². The number of rotatable bonds is 12. The van der Waals surface area contributed by atoms with Crippen LogP contribution in [0.3, 0.4) is 0 Å². The third-order valence-electron chi connectivity index (χ3n) is 8.80. The van der Waals surface area contributed by atoms with Gasteiger partial charge in [0.05, 0.1) is 24.2 Å². The highest BCUT2D eigenvalue weighted by Gasteiger charge is 2.42. The molecule has 8 heteroatoms. The molecule has 0 aliphatic carbocycles. The zero-order valence-corrected chi connectivity index (χ0v) is 25.0. The Morgan fingerprint density at radius 1 is 0.927 bits per heavy atom. The highest BCUT2D eigenvalue weighted by atomic mass is 16.6. The van der Waals surface area contributed by atoms with Gasteiger partial charge in [-0.2, -0.15) is 0 Å². The van der Waals surface area contributed by atoms with Crippen molar-refractivity contribution in [3.05, 3.63) is 60.2 Å². The van der Waals surface area contributed by atoms with Crippen LogP contribution in [-0.2, 0) is 21.4 Å². The molecule has 41 heavy (non-hydrogen) atoms. The van der Waals surface area contributed by atoms with Gasteiger partial charge in [0.1, 0.15) is 0 Å². The van der Waals surface area contributed by atoms with Gasteiger partial charge in [-0.25, -0.2) is 9.78 Å². The van der Waals surface area contributed by atoms with E-state index in [0.717, 1.165) is 103 Å². The molecule has 2 aliphatic heterocycles. The summed E-state index contributed by atoms with van der Waals surface area (Å²) in [5, 5.41) is 0. The standard InChI is InChI=1S/C33H47N5O3/c1-3-5-25-41-32(39)37-21-17-33(27-37,28-12-7-6-8-13-28)16-20-35-18-11-19-36(23-22-35)31-34-29-14-9-10-15-30(29)38(31)24-26-40-4-2/h6-10,12-15H,3-5,11,16-27H2,1-2H3. The van der Waals surface area contributed by atoms with Crippen molar-refractivity contribution in [3.63, 3.8) is 0 Å². The number of likely N-dealkylation sites (tertiary alicyclic amines) is 1. The lowest BCUT2D eigenvalue weighted by Gasteiger charge is -2.32. The van der Waals surface area contributed by atoms with Gasteiger partial charge in [-0.15, -0.1) is 0 Å². The zero-order valence-electron chi connectivity index (χ0n) is 25.0. The summed E-state index contributed by atoms with van der Waals surface area (Å²) in [4.78, 5) is 24.9. The van der Waals surface area contributed by atoms with Crippen LogP contribution in [0.5, 0.6) is 0 Å². The Morgan fingerprint density at radius 3 is 2.59 bits per heavy atom. The predicted molar refractivity (Wildman–Crippen MR) is 165 cm³/mol. The molecule has 5 rings (SSSR count). The van der Waals surface area contributed by atoms with Crippen molar-refractivity contribution in [1.29, 1.82) is 0 Å². The predicted octanol–water partition coefficient (Wildman–Crippen LogP) is 5.56. The van der Waals surface area contributed by atoms with Gasteiger partial charge in [0.2, 0.25) is 5.95 Å². The van der Waals surface area contributed by atoms with Gasteiger partial charge in [0.15, 0.2) is 0 Å². The number of anilines is 1. The number of ether oxygens (including phenoxy) is 2. The second kappa shape index (κ2) is 14.2. The maximum atomic E-state index is 12.8. The fourth-order valence-electron chi connectivity index (χ4n) is 6.39. The number of aromatic nitrogens is 2. The molecular formula is C33H47N5O3. The molecule has 2 fully saturated rings. The molecule has 1 unspecified atom stereocenters. The van der Waals surface area contributed by atoms with Gasteiger partial charge < -0.3 is 28.7 Å². The Kier molecular flexibility index (Phi) is 10.2. The van der Waals surface area contributed by atoms with Crippen LogP contribution in [0.2, 0.25) is 0 Å². The Bertz CT molecular complexity index is 1250. The molecule has 3 heterocycles. The van der Waals surface area contributed by atoms with Crippen LogP contribution in [0.4, 0.5) is 10.7 Å². The number of carbonyl (C=O) groups is 1. The van der Waals surface area contributed by atoms with E-state index in [-0.39, 0.29) is 11.5 Å². The third-order valence-corrected chi connectivity index (χ3v) is 8.80. The van der Waals surface area contributed by atoms with Gasteiger partial charge in [0, 0.05) is 51.3 Å². The molecule has 1 aromatic heterocycles. The Balaban J connectivity index is 1.24. The van der Waals surface area contributed by atoms with Crippen molar-refractivity contribution >= 4 is 23.1 Å². The molecule has 0 radical (unpaired) electrons. The lowest BCUT2D eigenvalue weighted by Crippen LogP contribution is -2.39. The van der Waals surface area contributed by atoms with E-state index in [1.54, 1.807) is 0 Å². The highest BCUT2D eigenvalue weighted by molar-refractivity contribution is 5.78. The molecular weight excluding hydrogens is 514 g/mol. The molecule has 8 nitrogen and oxygen atoms in total. The fraction of sp³-hybridized carbons (Fsp3) is 0.576. The first-order chi connectivity index (χ1) is 20.1. The van der Waals surface area contributed by atoms with E-state index in [4.69, 9.17) is 14.5 Å². The fourth-order valence-corrected chi connectivity index (χ4v) is 6.39. The summed E-state index contributed by atoms with van der Waals surface area (Å²) in [6.07, 6.45) is 4.89. The first-order valence-corrected chi connectivity index (χ1v) is 15.6. The maximum Gasteiger partial charge on any atom is 0.409 e. The molecule has 0 spiro atoms. The minimum absolute atomic E-state index is 0.0374. The smallest absolute Gasteiger partial charge is 0.409 e. The van der Waals surface area contributed by atoms with E-state index in [2.05, 4.69) is 75.9 Å². The molecule has 0 N–H and O–H groups in total. The van der Waals surface area contributed by atoms with Gasteiger partial charge in [-0.05, 0) is 63.4 Å². The summed E-state index contributed by atoms with van der Waals surface area (Å²) in [5.74, 6) is 1.06. The van der Waals surface area contributed by atoms with Crippen molar-refractivity contribution in [3.8, 4) is 0 Å². The summed E-state index contributed by atoms with van der Waals surface area (Å²) in [6, 6.07) is 19.2. The van der Waals surface area contributed by atoms with Crippen LogP contribution in [0.25, 0.3) is 11.0 Å². The first kappa shape index (κ1) is 29.4. The number of amides is 1. The van der Waals surface area contributed by atoms with Crippen molar-refractivity contribution in [2.75, 3.05) is 70.5 Å². The van der Waals surface area contributed by atoms with E-state index >= 15 is 0 Å². The molecule has 222 valence electrons. The van der Waals surface area contributed by atoms with Crippen LogP contribution in [-0.4, -0.2) is 91.1 Å². The molecule has 2 saturated heterocycles. The van der Waals surface area contributed by atoms with Gasteiger partial charge in [0.25, 0.3) is 0 Å². The quantitative estimate of drug-likeness (QED) is 0.270. The summed E-state index contributed by atoms with van der Waals surface area (Å²) in [6.45, 7) is 13.4. The van der Waals surface area contributed by atoms with E-state index < -0.39 is 0 Å². The van der Waals surface area contributed by atoms with Crippen molar-refractivity contribution in [2.24, 2.45) is 0 Å². The second-order valence-corrected chi connectivity index (χ2v) is 11.5. The molecule has 2 aliphatic rings. The van der Waals surface area contributed by atoms with Gasteiger partial charge >= 0.3 is 6.09 Å². The number of unbranched alkanes of at least 4 members (excludes halogenated alkanes) is 1. The number of imidazole rings is 1. The number of fused-ring (bicyclic) bond motifs is 1. The second-order valence-electron chi connectivity index (χ2n) is 11.5. The summed E-state index contributed by atoms with van der Waals surface area (Å²) in [7, 11) is 0. The monoisotopic (exact) mass is 561 g/mol. The minimum Gasteiger partial charge on any atom is -0.449 e. The SMILES string of the molecule is CCCCOC(=O)N1CCC(CCN2CCCN(c3nc4ccccc4n3CCOCC)CC2)(c2ccccc2)C1. The lowest BCUT2D eigenvalue weighted by molar-refractivity contribution is 0.106. The topological polar surface area (TPSA) is 63.1 Å². The Labute approximate surface area is 245 Å². The van der Waals surface area contributed by atoms with Crippen LogP contribution in [0.15, 0.2) is 54.6 Å². The largest absolute Gasteiger partial charge is 0.449 e. The van der Waals surface area contributed by atoms with Crippen molar-refractivity contribution < 1.29 is 14.3 Å². The number of hydrogen-bond donors (Lipinski definition) is 0. The van der Waals surface area contributed by atoms with Crippen LogP contribution in [0, 0.1) is 0 Å². The van der Waals surface area contributed by atoms with Crippen molar-refractivity contribution in [2.45, 2.75) is 57.9 Å². The summed E-state index contributed by atoms with van der Waals surface area (Å²) >= 11 is 0. The molecule has 0 bridgehead atoms. The molecule has 0 saturated carbocycles. The number of nitrogens with zero attached hydrogens (tertiary/aromatic N) is 5. The lowest BCUT2D eigenvalue weighted by atomic mass is 9.76. The number of para-hydroxylation sites is 2. The van der Waals surface area contributed by atoms with Crippen LogP contribution < -0.4 is 4.90 Å². The van der Waals surface area contributed by atoms with Crippen LogP contribution >= 0.6 is 0 Å². The molecule has 3 aromatic rings. The summed E-state index contributed by atoms with van der Waals surface area (Å²) in [5.41, 5.74) is 3.52. The van der Waals surface area contributed by atoms with Gasteiger partial charge in [-0.3, -0.25) is 0 Å². The zero-order chi connectivity index (χ0) is 28.5. The Morgan fingerprint density at radius 2 is 1.76 bits per heavy atom. The average Bonchev–Trinajstić information content (AvgIpc) is 3.52. The Hall–Kier alpha value is -3.10. The highest BCUT2D eigenvalue weighted by Crippen LogP contribution is 2.38. The molecule has 1 atom stereocenters. The average molecular weight is 562 g/mol. The molecule has 2 aromatic carbocycles. The number of carbonyl (C=O) groups excluding carboxylic acids is 1. The maximum absolute atomic E-state index is 12.8. The van der Waals surface area contributed by atoms with Crippen molar-refractivity contribution in [1.82, 2.24) is 19.4 Å². The van der Waals surface area contributed by atoms with Crippen LogP contribution in [0.1, 0.15) is 51.5 Å². The van der Waals surface area contributed by atoms with E-state index in [9.17, 15) is 4.79 Å². The minimum atomic E-state index is -0.158.